The highest BCUT2D eigenvalue weighted by atomic mass is 16.2. The number of benzene rings is 1. The smallest absolute Gasteiger partial charge is 0.254 e. The number of nitrogens with zero attached hydrogens (tertiary/aromatic N) is 2. The SMILES string of the molecule is CN(C)C(=O)CN(C)C(=O)c1ccc2c(c1)CCN2. The van der Waals surface area contributed by atoms with Crippen LogP contribution < -0.4 is 5.32 Å². The average Bonchev–Trinajstić information content (AvgIpc) is 2.84. The maximum atomic E-state index is 12.2. The lowest BCUT2D eigenvalue weighted by molar-refractivity contribution is -0.129. The fourth-order valence-electron chi connectivity index (χ4n) is 2.07. The number of hydrogen-bond donors (Lipinski definition) is 1. The summed E-state index contributed by atoms with van der Waals surface area (Å²) in [6, 6.07) is 5.64. The standard InChI is InChI=1S/C14H19N3O2/c1-16(2)13(18)9-17(3)14(19)11-4-5-12-10(8-11)6-7-15-12/h4-5,8,15H,6-7,9H2,1-3H3. The molecule has 1 aromatic carbocycles. The molecule has 1 N–H and O–H groups in total. The average molecular weight is 261 g/mol. The first-order valence-corrected chi connectivity index (χ1v) is 6.31. The molecule has 0 radical (unpaired) electrons. The van der Waals surface area contributed by atoms with Crippen molar-refractivity contribution in [3.63, 3.8) is 0 Å². The summed E-state index contributed by atoms with van der Waals surface area (Å²) < 4.78 is 0. The van der Waals surface area contributed by atoms with E-state index in [0.717, 1.165) is 24.2 Å². The van der Waals surface area contributed by atoms with Gasteiger partial charge in [-0.2, -0.15) is 0 Å². The van der Waals surface area contributed by atoms with Crippen LogP contribution in [0.25, 0.3) is 0 Å². The third-order valence-corrected chi connectivity index (χ3v) is 3.28. The van der Waals surface area contributed by atoms with Crippen LogP contribution in [-0.2, 0) is 11.2 Å². The van der Waals surface area contributed by atoms with Crippen molar-refractivity contribution in [3.05, 3.63) is 29.3 Å². The van der Waals surface area contributed by atoms with E-state index in [1.165, 1.54) is 9.80 Å². The van der Waals surface area contributed by atoms with Gasteiger partial charge in [-0.3, -0.25) is 9.59 Å². The number of rotatable bonds is 3. The molecule has 0 unspecified atom stereocenters. The topological polar surface area (TPSA) is 52.7 Å². The lowest BCUT2D eigenvalue weighted by Gasteiger charge is -2.19. The number of amides is 2. The number of anilines is 1. The molecule has 2 rings (SSSR count). The van der Waals surface area contributed by atoms with E-state index in [-0.39, 0.29) is 18.4 Å². The van der Waals surface area contributed by atoms with E-state index in [1.54, 1.807) is 27.2 Å². The summed E-state index contributed by atoms with van der Waals surface area (Å²) in [5.41, 5.74) is 2.90. The van der Waals surface area contributed by atoms with Crippen molar-refractivity contribution in [2.75, 3.05) is 39.5 Å². The number of carbonyl (C=O) groups is 2. The Morgan fingerprint density at radius 1 is 1.26 bits per heavy atom. The molecule has 5 heteroatoms. The monoisotopic (exact) mass is 261 g/mol. The van der Waals surface area contributed by atoms with Gasteiger partial charge in [0.2, 0.25) is 5.91 Å². The van der Waals surface area contributed by atoms with Crippen LogP contribution in [0.1, 0.15) is 15.9 Å². The van der Waals surface area contributed by atoms with Crippen molar-refractivity contribution in [1.29, 1.82) is 0 Å². The second-order valence-electron chi connectivity index (χ2n) is 5.00. The summed E-state index contributed by atoms with van der Waals surface area (Å²) >= 11 is 0. The van der Waals surface area contributed by atoms with Crippen molar-refractivity contribution in [2.24, 2.45) is 0 Å². The fourth-order valence-corrected chi connectivity index (χ4v) is 2.07. The third-order valence-electron chi connectivity index (χ3n) is 3.28. The van der Waals surface area contributed by atoms with Gasteiger partial charge in [0.25, 0.3) is 5.91 Å². The van der Waals surface area contributed by atoms with Crippen molar-refractivity contribution < 1.29 is 9.59 Å². The minimum Gasteiger partial charge on any atom is -0.384 e. The quantitative estimate of drug-likeness (QED) is 0.876. The van der Waals surface area contributed by atoms with E-state index in [4.69, 9.17) is 0 Å². The molecule has 2 amide bonds. The zero-order valence-electron chi connectivity index (χ0n) is 11.6. The highest BCUT2D eigenvalue weighted by Gasteiger charge is 2.18. The van der Waals surface area contributed by atoms with E-state index in [0.29, 0.717) is 5.56 Å². The minimum atomic E-state index is -0.120. The molecular formula is C14H19N3O2. The van der Waals surface area contributed by atoms with E-state index in [9.17, 15) is 9.59 Å². The normalized spacial score (nSPS) is 12.6. The van der Waals surface area contributed by atoms with Crippen LogP contribution in [0.15, 0.2) is 18.2 Å². The van der Waals surface area contributed by atoms with Crippen molar-refractivity contribution in [1.82, 2.24) is 9.80 Å². The maximum Gasteiger partial charge on any atom is 0.254 e. The van der Waals surface area contributed by atoms with Crippen LogP contribution in [0.5, 0.6) is 0 Å². The first-order valence-electron chi connectivity index (χ1n) is 6.31. The number of fused-ring (bicyclic) bond motifs is 1. The Morgan fingerprint density at radius 2 is 2.00 bits per heavy atom. The molecule has 1 aliphatic heterocycles. The Morgan fingerprint density at radius 3 is 2.68 bits per heavy atom. The Kier molecular flexibility index (Phi) is 3.74. The van der Waals surface area contributed by atoms with Gasteiger partial charge in [-0.1, -0.05) is 0 Å². The highest BCUT2D eigenvalue weighted by molar-refractivity contribution is 5.97. The molecule has 5 nitrogen and oxygen atoms in total. The minimum absolute atomic E-state index is 0.0846. The molecule has 0 aliphatic carbocycles. The van der Waals surface area contributed by atoms with Crippen LogP contribution >= 0.6 is 0 Å². The summed E-state index contributed by atoms with van der Waals surface area (Å²) in [6.07, 6.45) is 0.941. The second kappa shape index (κ2) is 5.30. The first-order chi connectivity index (χ1) is 8.99. The largest absolute Gasteiger partial charge is 0.384 e. The summed E-state index contributed by atoms with van der Waals surface area (Å²) in [4.78, 5) is 26.8. The van der Waals surface area contributed by atoms with Gasteiger partial charge >= 0.3 is 0 Å². The number of nitrogens with one attached hydrogen (secondary N) is 1. The molecule has 102 valence electrons. The number of hydrogen-bond acceptors (Lipinski definition) is 3. The molecular weight excluding hydrogens is 242 g/mol. The van der Waals surface area contributed by atoms with Gasteiger partial charge in [0, 0.05) is 38.9 Å². The Bertz CT molecular complexity index is 511. The fraction of sp³-hybridized carbons (Fsp3) is 0.429. The molecule has 0 saturated carbocycles. The lowest BCUT2D eigenvalue weighted by Crippen LogP contribution is -2.37. The summed E-state index contributed by atoms with van der Waals surface area (Å²) in [6.45, 7) is 1.02. The van der Waals surface area contributed by atoms with Crippen molar-refractivity contribution in [2.45, 2.75) is 6.42 Å². The highest BCUT2D eigenvalue weighted by Crippen LogP contribution is 2.23. The van der Waals surface area contributed by atoms with Crippen LogP contribution in [0.3, 0.4) is 0 Å². The van der Waals surface area contributed by atoms with Gasteiger partial charge < -0.3 is 15.1 Å². The van der Waals surface area contributed by atoms with Crippen LogP contribution in [-0.4, -0.2) is 55.8 Å². The number of carbonyl (C=O) groups excluding carboxylic acids is 2. The molecule has 1 aliphatic rings. The van der Waals surface area contributed by atoms with Gasteiger partial charge in [0.1, 0.15) is 0 Å². The Hall–Kier alpha value is -2.04. The molecule has 0 atom stereocenters. The van der Waals surface area contributed by atoms with Crippen LogP contribution in [0.2, 0.25) is 0 Å². The predicted octanol–water partition coefficient (Wildman–Crippen LogP) is 0.815. The van der Waals surface area contributed by atoms with E-state index >= 15 is 0 Å². The first kappa shape index (κ1) is 13.4. The van der Waals surface area contributed by atoms with Gasteiger partial charge in [-0.15, -0.1) is 0 Å². The van der Waals surface area contributed by atoms with Crippen LogP contribution in [0.4, 0.5) is 5.69 Å². The number of likely N-dealkylation sites (N-methyl/N-ethyl adjacent to an activating group) is 2. The van der Waals surface area contributed by atoms with Gasteiger partial charge in [-0.25, -0.2) is 0 Å². The molecule has 0 fully saturated rings. The zero-order valence-corrected chi connectivity index (χ0v) is 11.6. The van der Waals surface area contributed by atoms with Gasteiger partial charge in [-0.05, 0) is 30.2 Å². The van der Waals surface area contributed by atoms with Gasteiger partial charge in [0.05, 0.1) is 6.54 Å². The van der Waals surface area contributed by atoms with Crippen molar-refractivity contribution >= 4 is 17.5 Å². The van der Waals surface area contributed by atoms with Gasteiger partial charge in [0.15, 0.2) is 0 Å². The molecule has 0 saturated heterocycles. The zero-order chi connectivity index (χ0) is 14.0. The Balaban J connectivity index is 2.09. The lowest BCUT2D eigenvalue weighted by atomic mass is 10.1. The van der Waals surface area contributed by atoms with E-state index in [2.05, 4.69) is 5.32 Å². The van der Waals surface area contributed by atoms with Crippen LogP contribution in [0, 0.1) is 0 Å². The Labute approximate surface area is 113 Å². The molecule has 1 aromatic rings. The molecule has 0 bridgehead atoms. The third kappa shape index (κ3) is 2.86. The summed E-state index contributed by atoms with van der Waals surface area (Å²) in [7, 11) is 5.01. The summed E-state index contributed by atoms with van der Waals surface area (Å²) in [5.74, 6) is -0.205. The van der Waals surface area contributed by atoms with E-state index < -0.39 is 0 Å². The van der Waals surface area contributed by atoms with Crippen molar-refractivity contribution in [3.8, 4) is 0 Å². The molecule has 19 heavy (non-hydrogen) atoms. The van der Waals surface area contributed by atoms with E-state index in [1.807, 2.05) is 12.1 Å². The predicted molar refractivity (Wildman–Crippen MR) is 74.3 cm³/mol. The second-order valence-corrected chi connectivity index (χ2v) is 5.00. The molecule has 0 spiro atoms. The molecule has 1 heterocycles. The molecule has 0 aromatic heterocycles. The maximum absolute atomic E-state index is 12.2. The summed E-state index contributed by atoms with van der Waals surface area (Å²) in [5, 5.41) is 3.26.